The average molecular weight is 370 g/mol. The van der Waals surface area contributed by atoms with Crippen LogP contribution in [-0.2, 0) is 0 Å². The van der Waals surface area contributed by atoms with Crippen LogP contribution in [0, 0.1) is 5.82 Å². The maximum Gasteiger partial charge on any atom is 0.252 e. The molecule has 1 aromatic heterocycles. The molecule has 27 heavy (non-hydrogen) atoms. The number of aromatic nitrogens is 1. The third-order valence-electron chi connectivity index (χ3n) is 3.99. The quantitative estimate of drug-likeness (QED) is 0.699. The molecule has 3 rings (SSSR count). The largest absolute Gasteiger partial charge is 0.493 e. The fraction of sp³-hybridized carbons (Fsp3) is 0.200. The van der Waals surface area contributed by atoms with E-state index >= 15 is 0 Å². The van der Waals surface area contributed by atoms with Crippen molar-refractivity contribution in [2.24, 2.45) is 0 Å². The number of hydrogen-bond donors (Lipinski definition) is 2. The van der Waals surface area contributed by atoms with E-state index in [9.17, 15) is 14.0 Å². The van der Waals surface area contributed by atoms with Crippen LogP contribution in [0.4, 0.5) is 4.39 Å². The van der Waals surface area contributed by atoms with Crippen molar-refractivity contribution >= 4 is 16.8 Å². The van der Waals surface area contributed by atoms with Gasteiger partial charge in [0, 0.05) is 11.5 Å². The van der Waals surface area contributed by atoms with E-state index in [4.69, 9.17) is 9.47 Å². The minimum atomic E-state index is -0.491. The molecule has 0 saturated carbocycles. The molecule has 0 aliphatic rings. The van der Waals surface area contributed by atoms with Crippen LogP contribution in [-0.4, -0.2) is 30.6 Å². The van der Waals surface area contributed by atoms with Crippen LogP contribution < -0.4 is 20.3 Å². The SMILES string of the molecule is COc1ccccc1OCC(C)NC(=O)c1cc(=O)[nH]c2cc(F)ccc12. The van der Waals surface area contributed by atoms with Gasteiger partial charge in [-0.1, -0.05) is 12.1 Å². The number of ether oxygens (including phenoxy) is 2. The number of carbonyl (C=O) groups excluding carboxylic acids is 1. The topological polar surface area (TPSA) is 80.4 Å². The highest BCUT2D eigenvalue weighted by Crippen LogP contribution is 2.25. The van der Waals surface area contributed by atoms with Crippen molar-refractivity contribution in [3.8, 4) is 11.5 Å². The number of nitrogens with one attached hydrogen (secondary N) is 2. The van der Waals surface area contributed by atoms with Gasteiger partial charge in [-0.3, -0.25) is 9.59 Å². The fourth-order valence-electron chi connectivity index (χ4n) is 2.72. The van der Waals surface area contributed by atoms with Crippen molar-refractivity contribution in [3.63, 3.8) is 0 Å². The lowest BCUT2D eigenvalue weighted by Crippen LogP contribution is -2.37. The molecule has 1 amide bonds. The molecule has 1 unspecified atom stereocenters. The smallest absolute Gasteiger partial charge is 0.252 e. The molecule has 0 spiro atoms. The number of halogens is 1. The molecule has 0 fully saturated rings. The Morgan fingerprint density at radius 1 is 1.19 bits per heavy atom. The predicted molar refractivity (Wildman–Crippen MR) is 99.9 cm³/mol. The zero-order valence-corrected chi connectivity index (χ0v) is 14.9. The number of fused-ring (bicyclic) bond motifs is 1. The Bertz CT molecular complexity index is 1030. The van der Waals surface area contributed by atoms with Crippen molar-refractivity contribution < 1.29 is 18.7 Å². The van der Waals surface area contributed by atoms with Crippen molar-refractivity contribution in [3.05, 3.63) is 70.3 Å². The summed E-state index contributed by atoms with van der Waals surface area (Å²) in [5.74, 6) is 0.236. The molecule has 3 aromatic rings. The van der Waals surface area contributed by atoms with Crippen LogP contribution in [0.15, 0.2) is 53.3 Å². The van der Waals surface area contributed by atoms with Gasteiger partial charge in [0.1, 0.15) is 12.4 Å². The maximum absolute atomic E-state index is 13.4. The number of para-hydroxylation sites is 2. The normalized spacial score (nSPS) is 11.8. The molecular weight excluding hydrogens is 351 g/mol. The third kappa shape index (κ3) is 4.25. The Hall–Kier alpha value is -3.35. The summed E-state index contributed by atoms with van der Waals surface area (Å²) >= 11 is 0. The number of amides is 1. The Labute approximate surface area is 154 Å². The van der Waals surface area contributed by atoms with E-state index in [-0.39, 0.29) is 23.7 Å². The second kappa shape index (κ2) is 7.90. The van der Waals surface area contributed by atoms with E-state index in [1.807, 2.05) is 12.1 Å². The minimum Gasteiger partial charge on any atom is -0.493 e. The molecule has 140 valence electrons. The zero-order chi connectivity index (χ0) is 19.4. The summed E-state index contributed by atoms with van der Waals surface area (Å²) in [5, 5.41) is 3.25. The number of aromatic amines is 1. The van der Waals surface area contributed by atoms with Gasteiger partial charge in [0.2, 0.25) is 5.56 Å². The summed E-state index contributed by atoms with van der Waals surface area (Å²) in [6, 6.07) is 12.0. The molecule has 2 aromatic carbocycles. The van der Waals surface area contributed by atoms with E-state index in [0.717, 1.165) is 0 Å². The highest BCUT2D eigenvalue weighted by atomic mass is 19.1. The van der Waals surface area contributed by atoms with E-state index in [1.54, 1.807) is 26.2 Å². The first-order chi connectivity index (χ1) is 13.0. The highest BCUT2D eigenvalue weighted by molar-refractivity contribution is 6.06. The van der Waals surface area contributed by atoms with E-state index in [2.05, 4.69) is 10.3 Å². The standard InChI is InChI=1S/C20H19FN2O4/c1-12(11-27-18-6-4-3-5-17(18)26-2)22-20(25)15-10-19(24)23-16-9-13(21)7-8-14(15)16/h3-10,12H,11H2,1-2H3,(H,22,25)(H,23,24). The van der Waals surface area contributed by atoms with Gasteiger partial charge in [-0.2, -0.15) is 0 Å². The van der Waals surface area contributed by atoms with Crippen LogP contribution in [0.3, 0.4) is 0 Å². The third-order valence-corrected chi connectivity index (χ3v) is 3.99. The Morgan fingerprint density at radius 3 is 2.67 bits per heavy atom. The van der Waals surface area contributed by atoms with Crippen molar-refractivity contribution in [2.75, 3.05) is 13.7 Å². The molecular formula is C20H19FN2O4. The van der Waals surface area contributed by atoms with Crippen LogP contribution in [0.2, 0.25) is 0 Å². The first-order valence-electron chi connectivity index (χ1n) is 8.37. The van der Waals surface area contributed by atoms with Crippen molar-refractivity contribution in [1.29, 1.82) is 0 Å². The molecule has 2 N–H and O–H groups in total. The lowest BCUT2D eigenvalue weighted by atomic mass is 10.1. The number of methoxy groups -OCH3 is 1. The first-order valence-corrected chi connectivity index (χ1v) is 8.37. The second-order valence-electron chi connectivity index (χ2n) is 6.07. The first kappa shape index (κ1) is 18.4. The van der Waals surface area contributed by atoms with Crippen LogP contribution in [0.5, 0.6) is 11.5 Å². The lowest BCUT2D eigenvalue weighted by Gasteiger charge is -2.17. The number of H-pyrrole nitrogens is 1. The van der Waals surface area contributed by atoms with Gasteiger partial charge >= 0.3 is 0 Å². The predicted octanol–water partition coefficient (Wildman–Crippen LogP) is 2.87. The zero-order valence-electron chi connectivity index (χ0n) is 14.9. The molecule has 1 heterocycles. The number of hydrogen-bond acceptors (Lipinski definition) is 4. The summed E-state index contributed by atoms with van der Waals surface area (Å²) in [6.07, 6.45) is 0. The number of pyridine rings is 1. The molecule has 0 bridgehead atoms. The summed E-state index contributed by atoms with van der Waals surface area (Å²) in [7, 11) is 1.55. The van der Waals surface area contributed by atoms with Crippen LogP contribution in [0.25, 0.3) is 10.9 Å². The fourth-order valence-corrected chi connectivity index (χ4v) is 2.72. The minimum absolute atomic E-state index is 0.179. The molecule has 0 aliphatic carbocycles. The van der Waals surface area contributed by atoms with Gasteiger partial charge in [-0.05, 0) is 37.3 Å². The number of benzene rings is 2. The van der Waals surface area contributed by atoms with Gasteiger partial charge in [-0.15, -0.1) is 0 Å². The van der Waals surface area contributed by atoms with E-state index < -0.39 is 17.3 Å². The number of rotatable bonds is 6. The second-order valence-corrected chi connectivity index (χ2v) is 6.07. The van der Waals surface area contributed by atoms with Gasteiger partial charge in [-0.25, -0.2) is 4.39 Å². The summed E-state index contributed by atoms with van der Waals surface area (Å²) < 4.78 is 24.3. The van der Waals surface area contributed by atoms with Gasteiger partial charge in [0.25, 0.3) is 5.91 Å². The lowest BCUT2D eigenvalue weighted by molar-refractivity contribution is 0.0927. The number of carbonyl (C=O) groups is 1. The van der Waals surface area contributed by atoms with Gasteiger partial charge in [0.15, 0.2) is 11.5 Å². The molecule has 6 nitrogen and oxygen atoms in total. The van der Waals surface area contributed by atoms with E-state index in [1.165, 1.54) is 24.3 Å². The molecule has 0 aliphatic heterocycles. The summed E-state index contributed by atoms with van der Waals surface area (Å²) in [4.78, 5) is 26.9. The molecule has 1 atom stereocenters. The Kier molecular flexibility index (Phi) is 5.40. The van der Waals surface area contributed by atoms with Crippen molar-refractivity contribution in [1.82, 2.24) is 10.3 Å². The molecule has 0 saturated heterocycles. The van der Waals surface area contributed by atoms with E-state index in [0.29, 0.717) is 16.9 Å². The highest BCUT2D eigenvalue weighted by Gasteiger charge is 2.15. The Morgan fingerprint density at radius 2 is 1.93 bits per heavy atom. The molecule has 7 heteroatoms. The average Bonchev–Trinajstić information content (AvgIpc) is 2.65. The maximum atomic E-state index is 13.4. The van der Waals surface area contributed by atoms with Crippen LogP contribution >= 0.6 is 0 Å². The Balaban J connectivity index is 1.73. The summed E-state index contributed by atoms with van der Waals surface area (Å²) in [5.41, 5.74) is -0.0281. The molecule has 0 radical (unpaired) electrons. The van der Waals surface area contributed by atoms with Crippen molar-refractivity contribution in [2.45, 2.75) is 13.0 Å². The van der Waals surface area contributed by atoms with Gasteiger partial charge in [0.05, 0.1) is 24.2 Å². The van der Waals surface area contributed by atoms with Crippen LogP contribution in [0.1, 0.15) is 17.3 Å². The monoisotopic (exact) mass is 370 g/mol. The summed E-state index contributed by atoms with van der Waals surface area (Å²) in [6.45, 7) is 1.99. The van der Waals surface area contributed by atoms with Gasteiger partial charge < -0.3 is 19.8 Å².